The van der Waals surface area contributed by atoms with Gasteiger partial charge in [0, 0.05) is 11.4 Å². The molecule has 2 N–H and O–H groups in total. The molecule has 1 fully saturated rings. The van der Waals surface area contributed by atoms with Crippen LogP contribution in [0.3, 0.4) is 0 Å². The first-order chi connectivity index (χ1) is 8.81. The highest BCUT2D eigenvalue weighted by Crippen LogP contribution is 2.31. The van der Waals surface area contributed by atoms with Crippen LogP contribution in [0.4, 0.5) is 4.79 Å². The molecule has 0 saturated carbocycles. The highest BCUT2D eigenvalue weighted by molar-refractivity contribution is 7.10. The van der Waals surface area contributed by atoms with Crippen LogP contribution in [-0.2, 0) is 10.3 Å². The van der Waals surface area contributed by atoms with Crippen LogP contribution in [0.2, 0.25) is 0 Å². The normalized spacial score (nSPS) is 23.4. The van der Waals surface area contributed by atoms with E-state index in [2.05, 4.69) is 29.0 Å². The first kappa shape index (κ1) is 14.3. The molecule has 1 aliphatic rings. The van der Waals surface area contributed by atoms with Crippen molar-refractivity contribution in [3.05, 3.63) is 21.9 Å². The summed E-state index contributed by atoms with van der Waals surface area (Å²) in [5, 5.41) is 8.51. The molecule has 1 unspecified atom stereocenters. The van der Waals surface area contributed by atoms with Crippen molar-refractivity contribution in [1.82, 2.24) is 10.6 Å². The Bertz CT molecular complexity index is 456. The summed E-state index contributed by atoms with van der Waals surface area (Å²) in [7, 11) is 0. The number of carbonyl (C=O) groups excluding carboxylic acids is 1. The Morgan fingerprint density at radius 2 is 2.26 bits per heavy atom. The van der Waals surface area contributed by atoms with Crippen molar-refractivity contribution in [2.45, 2.75) is 45.3 Å². The van der Waals surface area contributed by atoms with Crippen LogP contribution in [-0.4, -0.2) is 24.8 Å². The van der Waals surface area contributed by atoms with Crippen molar-refractivity contribution in [3.8, 4) is 0 Å². The van der Waals surface area contributed by atoms with Crippen LogP contribution < -0.4 is 10.6 Å². The van der Waals surface area contributed by atoms with Crippen LogP contribution in [0, 0.1) is 6.92 Å². The molecule has 106 valence electrons. The van der Waals surface area contributed by atoms with Crippen molar-refractivity contribution < 1.29 is 9.53 Å². The van der Waals surface area contributed by atoms with E-state index < -0.39 is 5.60 Å². The molecule has 0 spiro atoms. The van der Waals surface area contributed by atoms with Gasteiger partial charge in [0.1, 0.15) is 5.60 Å². The van der Waals surface area contributed by atoms with Crippen LogP contribution in [0.25, 0.3) is 0 Å². The topological polar surface area (TPSA) is 50.4 Å². The molecule has 1 aromatic heterocycles. The SMILES string of the molecule is Cc1cc(C2(NC(=O)OC(C)(C)C)CCNC2)cs1. The Balaban J connectivity index is 2.15. The molecule has 2 rings (SSSR count). The third-order valence-electron chi connectivity index (χ3n) is 3.18. The predicted molar refractivity (Wildman–Crippen MR) is 77.6 cm³/mol. The van der Waals surface area contributed by atoms with E-state index in [1.807, 2.05) is 20.8 Å². The molecule has 19 heavy (non-hydrogen) atoms. The summed E-state index contributed by atoms with van der Waals surface area (Å²) in [5.74, 6) is 0. The molecule has 1 aromatic rings. The van der Waals surface area contributed by atoms with Crippen molar-refractivity contribution in [3.63, 3.8) is 0 Å². The molecule has 1 atom stereocenters. The number of thiophene rings is 1. The molecular formula is C14H22N2O2S. The third-order valence-corrected chi connectivity index (χ3v) is 4.04. The van der Waals surface area contributed by atoms with Gasteiger partial charge in [0.2, 0.25) is 0 Å². The lowest BCUT2D eigenvalue weighted by Crippen LogP contribution is -2.49. The standard InChI is InChI=1S/C14H22N2O2S/c1-10-7-11(8-19-10)14(5-6-15-9-14)16-12(17)18-13(2,3)4/h7-8,15H,5-6,9H2,1-4H3,(H,16,17). The van der Waals surface area contributed by atoms with E-state index in [1.165, 1.54) is 10.4 Å². The average molecular weight is 282 g/mol. The van der Waals surface area contributed by atoms with Crippen LogP contribution in [0.15, 0.2) is 11.4 Å². The lowest BCUT2D eigenvalue weighted by atomic mass is 9.91. The van der Waals surface area contributed by atoms with Gasteiger partial charge in [-0.05, 0) is 57.7 Å². The summed E-state index contributed by atoms with van der Waals surface area (Å²) in [6, 6.07) is 2.15. The minimum atomic E-state index is -0.470. The monoisotopic (exact) mass is 282 g/mol. The van der Waals surface area contributed by atoms with Gasteiger partial charge in [0.25, 0.3) is 0 Å². The molecule has 1 aliphatic heterocycles. The van der Waals surface area contributed by atoms with Gasteiger partial charge >= 0.3 is 6.09 Å². The second kappa shape index (κ2) is 5.13. The molecule has 0 radical (unpaired) electrons. The fourth-order valence-electron chi connectivity index (χ4n) is 2.31. The fraction of sp³-hybridized carbons (Fsp3) is 0.643. The summed E-state index contributed by atoms with van der Waals surface area (Å²) >= 11 is 1.71. The Morgan fingerprint density at radius 1 is 1.53 bits per heavy atom. The van der Waals surface area contributed by atoms with E-state index in [4.69, 9.17) is 4.74 Å². The maximum atomic E-state index is 12.0. The van der Waals surface area contributed by atoms with E-state index in [-0.39, 0.29) is 11.6 Å². The minimum Gasteiger partial charge on any atom is -0.444 e. The van der Waals surface area contributed by atoms with Gasteiger partial charge in [-0.2, -0.15) is 0 Å². The summed E-state index contributed by atoms with van der Waals surface area (Å²) < 4.78 is 5.38. The Morgan fingerprint density at radius 3 is 2.74 bits per heavy atom. The Kier molecular flexibility index (Phi) is 3.87. The largest absolute Gasteiger partial charge is 0.444 e. The number of ether oxygens (including phenoxy) is 1. The summed E-state index contributed by atoms with van der Waals surface area (Å²) in [6.07, 6.45) is 0.544. The Labute approximate surface area is 118 Å². The summed E-state index contributed by atoms with van der Waals surface area (Å²) in [4.78, 5) is 13.3. The van der Waals surface area contributed by atoms with Gasteiger partial charge in [-0.15, -0.1) is 11.3 Å². The van der Waals surface area contributed by atoms with Crippen LogP contribution in [0.5, 0.6) is 0 Å². The predicted octanol–water partition coefficient (Wildman–Crippen LogP) is 2.77. The van der Waals surface area contributed by atoms with Crippen LogP contribution >= 0.6 is 11.3 Å². The first-order valence-electron chi connectivity index (χ1n) is 6.58. The molecule has 0 aromatic carbocycles. The molecule has 1 amide bonds. The number of nitrogens with one attached hydrogen (secondary N) is 2. The molecule has 4 nitrogen and oxygen atoms in total. The van der Waals surface area contributed by atoms with Gasteiger partial charge in [0.05, 0.1) is 5.54 Å². The first-order valence-corrected chi connectivity index (χ1v) is 7.46. The second-order valence-corrected chi connectivity index (χ2v) is 7.20. The molecular weight excluding hydrogens is 260 g/mol. The van der Waals surface area contributed by atoms with E-state index >= 15 is 0 Å². The van der Waals surface area contributed by atoms with Gasteiger partial charge in [-0.1, -0.05) is 0 Å². The number of rotatable bonds is 2. The van der Waals surface area contributed by atoms with Crippen molar-refractivity contribution in [2.24, 2.45) is 0 Å². The smallest absolute Gasteiger partial charge is 0.408 e. The Hall–Kier alpha value is -1.07. The maximum absolute atomic E-state index is 12.0. The van der Waals surface area contributed by atoms with Crippen molar-refractivity contribution in [2.75, 3.05) is 13.1 Å². The van der Waals surface area contributed by atoms with Gasteiger partial charge in [0.15, 0.2) is 0 Å². The van der Waals surface area contributed by atoms with E-state index in [9.17, 15) is 4.79 Å². The van der Waals surface area contributed by atoms with Gasteiger partial charge < -0.3 is 15.4 Å². The number of amides is 1. The van der Waals surface area contributed by atoms with Gasteiger partial charge in [-0.3, -0.25) is 0 Å². The third kappa shape index (κ3) is 3.48. The number of hydrogen-bond donors (Lipinski definition) is 2. The van der Waals surface area contributed by atoms with Gasteiger partial charge in [-0.25, -0.2) is 4.79 Å². The number of aryl methyl sites for hydroxylation is 1. The number of carbonyl (C=O) groups is 1. The zero-order chi connectivity index (χ0) is 14.1. The lowest BCUT2D eigenvalue weighted by molar-refractivity contribution is 0.0461. The minimum absolute atomic E-state index is 0.326. The maximum Gasteiger partial charge on any atom is 0.408 e. The van der Waals surface area contributed by atoms with Crippen molar-refractivity contribution >= 4 is 17.4 Å². The summed E-state index contributed by atoms with van der Waals surface area (Å²) in [5.41, 5.74) is 0.375. The zero-order valence-electron chi connectivity index (χ0n) is 12.0. The van der Waals surface area contributed by atoms with Crippen LogP contribution in [0.1, 0.15) is 37.6 Å². The average Bonchev–Trinajstić information content (AvgIpc) is 2.84. The highest BCUT2D eigenvalue weighted by atomic mass is 32.1. The van der Waals surface area contributed by atoms with E-state index in [0.717, 1.165) is 19.5 Å². The molecule has 1 saturated heterocycles. The molecule has 5 heteroatoms. The quantitative estimate of drug-likeness (QED) is 0.877. The van der Waals surface area contributed by atoms with E-state index in [0.29, 0.717) is 0 Å². The highest BCUT2D eigenvalue weighted by Gasteiger charge is 2.38. The summed E-state index contributed by atoms with van der Waals surface area (Å²) in [6.45, 7) is 9.37. The lowest BCUT2D eigenvalue weighted by Gasteiger charge is -2.30. The number of alkyl carbamates (subject to hydrolysis) is 1. The molecule has 2 heterocycles. The molecule has 0 bridgehead atoms. The second-order valence-electron chi connectivity index (χ2n) is 6.08. The number of hydrogen-bond acceptors (Lipinski definition) is 4. The zero-order valence-corrected chi connectivity index (χ0v) is 12.8. The molecule has 0 aliphatic carbocycles. The fourth-order valence-corrected chi connectivity index (χ4v) is 3.11. The van der Waals surface area contributed by atoms with Crippen molar-refractivity contribution in [1.29, 1.82) is 0 Å². The van der Waals surface area contributed by atoms with E-state index in [1.54, 1.807) is 11.3 Å².